The summed E-state index contributed by atoms with van der Waals surface area (Å²) in [7, 11) is 1.61. The molecule has 2 bridgehead atoms. The molecule has 0 radical (unpaired) electrons. The molecule has 2 saturated carbocycles. The zero-order valence-corrected chi connectivity index (χ0v) is 7.68. The molecule has 3 atom stereocenters. The highest BCUT2D eigenvalue weighted by atomic mass is 16.5. The van der Waals surface area contributed by atoms with E-state index >= 15 is 0 Å². The maximum absolute atomic E-state index is 7.46. The first-order chi connectivity index (χ1) is 5.79. The van der Waals surface area contributed by atoms with E-state index in [0.29, 0.717) is 5.90 Å². The fourth-order valence-electron chi connectivity index (χ4n) is 2.95. The van der Waals surface area contributed by atoms with Crippen LogP contribution in [0.3, 0.4) is 0 Å². The van der Waals surface area contributed by atoms with E-state index in [4.69, 9.17) is 10.1 Å². The van der Waals surface area contributed by atoms with Crippen LogP contribution in [0.4, 0.5) is 0 Å². The molecular formula is C10H17NO. The van der Waals surface area contributed by atoms with Gasteiger partial charge in [-0.1, -0.05) is 6.42 Å². The van der Waals surface area contributed by atoms with Crippen LogP contribution in [0.2, 0.25) is 0 Å². The second kappa shape index (κ2) is 3.08. The van der Waals surface area contributed by atoms with E-state index in [1.807, 2.05) is 0 Å². The van der Waals surface area contributed by atoms with Gasteiger partial charge < -0.3 is 4.74 Å². The van der Waals surface area contributed by atoms with Crippen LogP contribution in [0.15, 0.2) is 0 Å². The summed E-state index contributed by atoms with van der Waals surface area (Å²) in [6, 6.07) is 0. The fraction of sp³-hybridized carbons (Fsp3) is 0.900. The Morgan fingerprint density at radius 2 is 2.25 bits per heavy atom. The molecule has 2 aliphatic rings. The molecule has 68 valence electrons. The van der Waals surface area contributed by atoms with E-state index in [-0.39, 0.29) is 0 Å². The molecule has 2 heteroatoms. The minimum Gasteiger partial charge on any atom is -0.484 e. The first kappa shape index (κ1) is 8.09. The molecule has 2 aliphatic carbocycles. The van der Waals surface area contributed by atoms with E-state index in [9.17, 15) is 0 Å². The van der Waals surface area contributed by atoms with Gasteiger partial charge in [-0.15, -0.1) is 0 Å². The van der Waals surface area contributed by atoms with Crippen LogP contribution in [-0.2, 0) is 4.74 Å². The second-order valence-corrected chi connectivity index (χ2v) is 4.27. The molecule has 1 N–H and O–H groups in total. The van der Waals surface area contributed by atoms with Gasteiger partial charge in [0.1, 0.15) is 0 Å². The van der Waals surface area contributed by atoms with Gasteiger partial charge in [0.25, 0.3) is 0 Å². The van der Waals surface area contributed by atoms with Gasteiger partial charge in [-0.05, 0) is 37.0 Å². The summed E-state index contributed by atoms with van der Waals surface area (Å²) in [6.07, 6.45) is 6.53. The van der Waals surface area contributed by atoms with Crippen molar-refractivity contribution in [2.45, 2.75) is 32.1 Å². The Morgan fingerprint density at radius 3 is 2.75 bits per heavy atom. The van der Waals surface area contributed by atoms with E-state index in [0.717, 1.165) is 24.2 Å². The molecule has 0 aliphatic heterocycles. The highest BCUT2D eigenvalue weighted by Gasteiger charge is 2.39. The minimum absolute atomic E-state index is 0.479. The van der Waals surface area contributed by atoms with Crippen LogP contribution in [0.25, 0.3) is 0 Å². The van der Waals surface area contributed by atoms with Crippen LogP contribution < -0.4 is 0 Å². The molecule has 2 fully saturated rings. The van der Waals surface area contributed by atoms with Gasteiger partial charge >= 0.3 is 0 Å². The van der Waals surface area contributed by atoms with Gasteiger partial charge in [0, 0.05) is 6.42 Å². The van der Waals surface area contributed by atoms with Gasteiger partial charge in [-0.2, -0.15) is 0 Å². The normalized spacial score (nSPS) is 38.6. The number of methoxy groups -OCH3 is 1. The Morgan fingerprint density at radius 1 is 1.42 bits per heavy atom. The SMILES string of the molecule is COC(=N)CC1CC2CCC1C2. The summed E-state index contributed by atoms with van der Waals surface area (Å²) < 4.78 is 4.90. The van der Waals surface area contributed by atoms with E-state index in [1.54, 1.807) is 7.11 Å². The summed E-state index contributed by atoms with van der Waals surface area (Å²) in [4.78, 5) is 0. The minimum atomic E-state index is 0.479. The molecule has 0 aromatic heterocycles. The third kappa shape index (κ3) is 1.35. The number of ether oxygens (including phenoxy) is 1. The molecule has 2 rings (SSSR count). The van der Waals surface area contributed by atoms with Crippen LogP contribution >= 0.6 is 0 Å². The molecule has 0 spiro atoms. The molecule has 2 nitrogen and oxygen atoms in total. The molecule has 12 heavy (non-hydrogen) atoms. The number of fused-ring (bicyclic) bond motifs is 2. The van der Waals surface area contributed by atoms with E-state index in [2.05, 4.69) is 0 Å². The Kier molecular flexibility index (Phi) is 2.07. The summed E-state index contributed by atoms with van der Waals surface area (Å²) >= 11 is 0. The smallest absolute Gasteiger partial charge is 0.180 e. The van der Waals surface area contributed by atoms with Crippen molar-refractivity contribution in [3.05, 3.63) is 0 Å². The number of nitrogens with one attached hydrogen (secondary N) is 1. The lowest BCUT2D eigenvalue weighted by atomic mass is 9.86. The zero-order valence-electron chi connectivity index (χ0n) is 7.68. The topological polar surface area (TPSA) is 33.1 Å². The van der Waals surface area contributed by atoms with E-state index in [1.165, 1.54) is 25.7 Å². The lowest BCUT2D eigenvalue weighted by molar-refractivity contribution is 0.308. The lowest BCUT2D eigenvalue weighted by Crippen LogP contribution is -2.15. The molecule has 0 heterocycles. The van der Waals surface area contributed by atoms with Crippen molar-refractivity contribution >= 4 is 5.90 Å². The number of hydrogen-bond donors (Lipinski definition) is 1. The molecule has 0 amide bonds. The number of rotatable bonds is 2. The Balaban J connectivity index is 1.86. The molecular weight excluding hydrogens is 150 g/mol. The van der Waals surface area contributed by atoms with Crippen molar-refractivity contribution in [2.24, 2.45) is 17.8 Å². The van der Waals surface area contributed by atoms with Crippen molar-refractivity contribution in [1.29, 1.82) is 5.41 Å². The first-order valence-corrected chi connectivity index (χ1v) is 4.91. The number of hydrogen-bond acceptors (Lipinski definition) is 2. The van der Waals surface area contributed by atoms with Crippen molar-refractivity contribution in [3.8, 4) is 0 Å². The summed E-state index contributed by atoms with van der Waals surface area (Å²) in [5.74, 6) is 3.17. The quantitative estimate of drug-likeness (QED) is 0.497. The fourth-order valence-corrected chi connectivity index (χ4v) is 2.95. The van der Waals surface area contributed by atoms with Crippen molar-refractivity contribution in [2.75, 3.05) is 7.11 Å². The standard InChI is InChI=1S/C10H17NO/c1-12-10(11)6-9-5-7-2-3-8(9)4-7/h7-9,11H,2-6H2,1H3. The third-order valence-corrected chi connectivity index (χ3v) is 3.58. The van der Waals surface area contributed by atoms with Crippen LogP contribution in [0.5, 0.6) is 0 Å². The zero-order chi connectivity index (χ0) is 8.55. The molecule has 3 unspecified atom stereocenters. The largest absolute Gasteiger partial charge is 0.484 e. The second-order valence-electron chi connectivity index (χ2n) is 4.27. The van der Waals surface area contributed by atoms with Gasteiger partial charge in [-0.25, -0.2) is 0 Å². The highest BCUT2D eigenvalue weighted by Crippen LogP contribution is 2.49. The molecule has 0 aromatic rings. The predicted molar refractivity (Wildman–Crippen MR) is 48.3 cm³/mol. The average Bonchev–Trinajstić information content (AvgIpc) is 2.64. The van der Waals surface area contributed by atoms with Gasteiger partial charge in [0.15, 0.2) is 5.90 Å². The monoisotopic (exact) mass is 167 g/mol. The highest BCUT2D eigenvalue weighted by molar-refractivity contribution is 5.72. The van der Waals surface area contributed by atoms with Crippen LogP contribution in [-0.4, -0.2) is 13.0 Å². The Labute approximate surface area is 73.8 Å². The van der Waals surface area contributed by atoms with Crippen molar-refractivity contribution < 1.29 is 4.74 Å². The maximum atomic E-state index is 7.46. The average molecular weight is 167 g/mol. The van der Waals surface area contributed by atoms with Gasteiger partial charge in [0.2, 0.25) is 0 Å². The Bertz CT molecular complexity index is 190. The molecule has 0 aromatic carbocycles. The first-order valence-electron chi connectivity index (χ1n) is 4.91. The van der Waals surface area contributed by atoms with Crippen LogP contribution in [0.1, 0.15) is 32.1 Å². The van der Waals surface area contributed by atoms with Crippen LogP contribution in [0, 0.1) is 23.2 Å². The third-order valence-electron chi connectivity index (χ3n) is 3.58. The summed E-state index contributed by atoms with van der Waals surface area (Å²) in [5.41, 5.74) is 0. The van der Waals surface area contributed by atoms with Crippen molar-refractivity contribution in [1.82, 2.24) is 0 Å². The summed E-state index contributed by atoms with van der Waals surface area (Å²) in [5, 5.41) is 7.46. The molecule has 0 saturated heterocycles. The summed E-state index contributed by atoms with van der Waals surface area (Å²) in [6.45, 7) is 0. The maximum Gasteiger partial charge on any atom is 0.180 e. The Hall–Kier alpha value is -0.530. The van der Waals surface area contributed by atoms with Crippen molar-refractivity contribution in [3.63, 3.8) is 0 Å². The predicted octanol–water partition coefficient (Wildman–Crippen LogP) is 2.44. The van der Waals surface area contributed by atoms with Gasteiger partial charge in [-0.3, -0.25) is 5.41 Å². The van der Waals surface area contributed by atoms with Gasteiger partial charge in [0.05, 0.1) is 7.11 Å². The lowest BCUT2D eigenvalue weighted by Gasteiger charge is -2.20. The van der Waals surface area contributed by atoms with E-state index < -0.39 is 0 Å².